The summed E-state index contributed by atoms with van der Waals surface area (Å²) >= 11 is 12.2. The predicted octanol–water partition coefficient (Wildman–Crippen LogP) is 3.84. The van der Waals surface area contributed by atoms with Gasteiger partial charge in [-0.3, -0.25) is 13.9 Å². The topological polar surface area (TPSA) is 86.8 Å². The fraction of sp³-hybridized carbons (Fsp3) is 0.364. The monoisotopic (exact) mass is 517 g/mol. The van der Waals surface area contributed by atoms with E-state index in [9.17, 15) is 22.4 Å². The van der Waals surface area contributed by atoms with Crippen LogP contribution in [0.2, 0.25) is 10.0 Å². The molecule has 1 unspecified atom stereocenters. The summed E-state index contributed by atoms with van der Waals surface area (Å²) in [6.07, 6.45) is 1.62. The van der Waals surface area contributed by atoms with Gasteiger partial charge in [-0.25, -0.2) is 12.8 Å². The first kappa shape index (κ1) is 26.9. The van der Waals surface area contributed by atoms with E-state index >= 15 is 0 Å². The lowest BCUT2D eigenvalue weighted by atomic mass is 10.1. The van der Waals surface area contributed by atoms with Crippen molar-refractivity contribution in [3.05, 3.63) is 63.9 Å². The fourth-order valence-corrected chi connectivity index (χ4v) is 4.37. The third kappa shape index (κ3) is 7.58. The maximum absolute atomic E-state index is 13.7. The van der Waals surface area contributed by atoms with Crippen LogP contribution in [-0.2, 0) is 26.2 Å². The first-order chi connectivity index (χ1) is 15.4. The number of halogens is 3. The van der Waals surface area contributed by atoms with Crippen LogP contribution in [0.25, 0.3) is 0 Å². The number of hydrogen-bond acceptors (Lipinski definition) is 4. The summed E-state index contributed by atoms with van der Waals surface area (Å²) < 4.78 is 39.4. The Morgan fingerprint density at radius 3 is 2.42 bits per heavy atom. The van der Waals surface area contributed by atoms with E-state index in [-0.39, 0.29) is 12.2 Å². The summed E-state index contributed by atoms with van der Waals surface area (Å²) in [7, 11) is -3.93. The molecule has 1 atom stereocenters. The molecule has 2 amide bonds. The van der Waals surface area contributed by atoms with Crippen LogP contribution >= 0.6 is 23.2 Å². The van der Waals surface area contributed by atoms with Crippen LogP contribution in [0.15, 0.2) is 42.5 Å². The number of nitrogens with one attached hydrogen (secondary N) is 1. The highest BCUT2D eigenvalue weighted by atomic mass is 35.5. The second-order valence-electron chi connectivity index (χ2n) is 7.47. The molecule has 7 nitrogen and oxygen atoms in total. The number of benzene rings is 2. The number of sulfonamides is 1. The van der Waals surface area contributed by atoms with Crippen LogP contribution in [0.3, 0.4) is 0 Å². The predicted molar refractivity (Wildman–Crippen MR) is 128 cm³/mol. The van der Waals surface area contributed by atoms with Crippen LogP contribution < -0.4 is 9.62 Å². The van der Waals surface area contributed by atoms with E-state index in [2.05, 4.69) is 5.32 Å². The van der Waals surface area contributed by atoms with Gasteiger partial charge in [0.1, 0.15) is 18.4 Å². The number of carbonyl (C=O) groups excluding carboxylic acids is 2. The van der Waals surface area contributed by atoms with Gasteiger partial charge in [-0.05, 0) is 49.2 Å². The summed E-state index contributed by atoms with van der Waals surface area (Å²) in [5.74, 6) is -1.70. The standard InChI is InChI=1S/C22H26Cl2FN3O4S/c1-4-10-26-22(30)15(2)27(13-16-8-9-17(23)11-20(16)24)21(29)14-28(33(3,31)32)19-7-5-6-18(25)12-19/h5-9,11-12,15H,4,10,13-14H2,1-3H3,(H,26,30). The van der Waals surface area contributed by atoms with Crippen molar-refractivity contribution in [1.82, 2.24) is 10.2 Å². The second kappa shape index (κ2) is 11.7. The first-order valence-corrected chi connectivity index (χ1v) is 12.8. The minimum absolute atomic E-state index is 0.00147. The van der Waals surface area contributed by atoms with Gasteiger partial charge in [-0.15, -0.1) is 0 Å². The normalized spacial score (nSPS) is 12.2. The van der Waals surface area contributed by atoms with Gasteiger partial charge < -0.3 is 10.2 Å². The summed E-state index contributed by atoms with van der Waals surface area (Å²) in [5, 5.41) is 3.44. The Morgan fingerprint density at radius 2 is 1.85 bits per heavy atom. The van der Waals surface area contributed by atoms with Crippen LogP contribution in [0.1, 0.15) is 25.8 Å². The molecule has 0 saturated carbocycles. The number of carbonyl (C=O) groups is 2. The molecule has 0 radical (unpaired) electrons. The molecule has 2 aromatic rings. The molecule has 0 saturated heterocycles. The lowest BCUT2D eigenvalue weighted by molar-refractivity contribution is -0.139. The number of nitrogens with zero attached hydrogens (tertiary/aromatic N) is 2. The SMILES string of the molecule is CCCNC(=O)C(C)N(Cc1ccc(Cl)cc1Cl)C(=O)CN(c1cccc(F)c1)S(C)(=O)=O. The molecular weight excluding hydrogens is 492 g/mol. The Hall–Kier alpha value is -2.36. The number of anilines is 1. The molecule has 0 aliphatic heterocycles. The van der Waals surface area contributed by atoms with Crippen molar-refractivity contribution in [3.8, 4) is 0 Å². The average Bonchev–Trinajstić information content (AvgIpc) is 2.73. The molecule has 0 heterocycles. The van der Waals surface area contributed by atoms with Crippen molar-refractivity contribution < 1.29 is 22.4 Å². The number of amides is 2. The van der Waals surface area contributed by atoms with Gasteiger partial charge in [0.2, 0.25) is 21.8 Å². The van der Waals surface area contributed by atoms with Crippen molar-refractivity contribution in [2.45, 2.75) is 32.9 Å². The molecule has 0 aromatic heterocycles. The van der Waals surface area contributed by atoms with Crippen molar-refractivity contribution in [3.63, 3.8) is 0 Å². The molecule has 1 N–H and O–H groups in total. The van der Waals surface area contributed by atoms with Crippen molar-refractivity contribution in [2.24, 2.45) is 0 Å². The molecular formula is C22H26Cl2FN3O4S. The quantitative estimate of drug-likeness (QED) is 0.518. The van der Waals surface area contributed by atoms with Crippen molar-refractivity contribution in [2.75, 3.05) is 23.7 Å². The zero-order chi connectivity index (χ0) is 24.8. The van der Waals surface area contributed by atoms with Crippen LogP contribution in [0.4, 0.5) is 10.1 Å². The Balaban J connectivity index is 2.40. The van der Waals surface area contributed by atoms with Gasteiger partial charge in [0, 0.05) is 23.1 Å². The molecule has 2 rings (SSSR count). The first-order valence-electron chi connectivity index (χ1n) is 10.2. The molecule has 2 aromatic carbocycles. The summed E-state index contributed by atoms with van der Waals surface area (Å²) in [4.78, 5) is 27.2. The van der Waals surface area contributed by atoms with Gasteiger partial charge in [-0.1, -0.05) is 42.3 Å². The smallest absolute Gasteiger partial charge is 0.244 e. The third-order valence-corrected chi connectivity index (χ3v) is 6.58. The van der Waals surface area contributed by atoms with Gasteiger partial charge in [0.25, 0.3) is 0 Å². The Labute approximate surface area is 203 Å². The van der Waals surface area contributed by atoms with Gasteiger partial charge in [0.05, 0.1) is 11.9 Å². The van der Waals surface area contributed by atoms with Crippen LogP contribution in [0.5, 0.6) is 0 Å². The van der Waals surface area contributed by atoms with Crippen molar-refractivity contribution >= 4 is 50.7 Å². The van der Waals surface area contributed by atoms with E-state index in [4.69, 9.17) is 23.2 Å². The molecule has 0 fully saturated rings. The Bertz CT molecular complexity index is 1110. The average molecular weight is 518 g/mol. The number of rotatable bonds is 10. The molecule has 11 heteroatoms. The molecule has 33 heavy (non-hydrogen) atoms. The summed E-state index contributed by atoms with van der Waals surface area (Å²) in [6, 6.07) is 8.73. The molecule has 180 valence electrons. The highest BCUT2D eigenvalue weighted by Gasteiger charge is 2.30. The van der Waals surface area contributed by atoms with E-state index in [0.29, 0.717) is 28.6 Å². The van der Waals surface area contributed by atoms with E-state index in [1.165, 1.54) is 29.2 Å². The lowest BCUT2D eigenvalue weighted by Gasteiger charge is -2.31. The second-order valence-corrected chi connectivity index (χ2v) is 10.2. The Kier molecular flexibility index (Phi) is 9.51. The maximum Gasteiger partial charge on any atom is 0.244 e. The van der Waals surface area contributed by atoms with E-state index in [1.54, 1.807) is 19.1 Å². The van der Waals surface area contributed by atoms with E-state index < -0.39 is 40.2 Å². The summed E-state index contributed by atoms with van der Waals surface area (Å²) in [6.45, 7) is 3.17. The minimum Gasteiger partial charge on any atom is -0.354 e. The summed E-state index contributed by atoms with van der Waals surface area (Å²) in [5.41, 5.74) is 0.527. The van der Waals surface area contributed by atoms with Gasteiger partial charge in [0.15, 0.2) is 0 Å². The van der Waals surface area contributed by atoms with Crippen LogP contribution in [-0.4, -0.2) is 50.5 Å². The largest absolute Gasteiger partial charge is 0.354 e. The van der Waals surface area contributed by atoms with Gasteiger partial charge >= 0.3 is 0 Å². The fourth-order valence-electron chi connectivity index (χ4n) is 3.06. The van der Waals surface area contributed by atoms with Crippen molar-refractivity contribution in [1.29, 1.82) is 0 Å². The molecule has 0 aliphatic rings. The lowest BCUT2D eigenvalue weighted by Crippen LogP contribution is -2.51. The Morgan fingerprint density at radius 1 is 1.15 bits per heavy atom. The zero-order valence-electron chi connectivity index (χ0n) is 18.5. The van der Waals surface area contributed by atoms with E-state index in [1.807, 2.05) is 6.92 Å². The molecule has 0 spiro atoms. The van der Waals surface area contributed by atoms with Crippen LogP contribution in [0, 0.1) is 5.82 Å². The highest BCUT2D eigenvalue weighted by Crippen LogP contribution is 2.24. The number of hydrogen-bond donors (Lipinski definition) is 1. The maximum atomic E-state index is 13.7. The minimum atomic E-state index is -3.93. The molecule has 0 bridgehead atoms. The zero-order valence-corrected chi connectivity index (χ0v) is 20.8. The highest BCUT2D eigenvalue weighted by molar-refractivity contribution is 7.92. The van der Waals surface area contributed by atoms with E-state index in [0.717, 1.165) is 16.6 Å². The molecule has 0 aliphatic carbocycles. The third-order valence-electron chi connectivity index (χ3n) is 4.85. The van der Waals surface area contributed by atoms with Gasteiger partial charge in [-0.2, -0.15) is 0 Å².